The number of aromatic nitrogens is 2. The van der Waals surface area contributed by atoms with Gasteiger partial charge in [0.05, 0.1) is 6.20 Å². The third-order valence-electron chi connectivity index (χ3n) is 1.38. The minimum atomic E-state index is -1.03. The largest absolute Gasteiger partial charge is 0.754 e. The molecular formula is C8H13N5O4. The second-order valence-electron chi connectivity index (χ2n) is 2.83. The SMILES string of the molecule is CC(=O)NCC(=O)O.Nc1ccnc(N)[n+]1[O-]. The fourth-order valence-electron chi connectivity index (χ4n) is 0.642. The zero-order chi connectivity index (χ0) is 13.4. The van der Waals surface area contributed by atoms with Crippen LogP contribution in [-0.2, 0) is 9.59 Å². The highest BCUT2D eigenvalue weighted by molar-refractivity contribution is 5.79. The number of nitrogens with one attached hydrogen (secondary N) is 1. The van der Waals surface area contributed by atoms with Gasteiger partial charge in [0.15, 0.2) is 5.82 Å². The number of hydrogen-bond donors (Lipinski definition) is 4. The third kappa shape index (κ3) is 6.49. The van der Waals surface area contributed by atoms with Crippen molar-refractivity contribution >= 4 is 23.6 Å². The standard InChI is InChI=1S/C4H6N4O.C4H7NO3/c5-3-1-2-7-4(6)8(3)9;1-3(6)5-2-4(7)8/h1-2H,5H2,(H2,6,7);2H2,1H3,(H,5,6)(H,7,8). The smallest absolute Gasteiger partial charge is 0.343 e. The number of anilines is 2. The van der Waals surface area contributed by atoms with Gasteiger partial charge >= 0.3 is 11.9 Å². The molecule has 9 heteroatoms. The van der Waals surface area contributed by atoms with Gasteiger partial charge in [0.25, 0.3) is 0 Å². The lowest BCUT2D eigenvalue weighted by atomic mass is 10.6. The van der Waals surface area contributed by atoms with Crippen LogP contribution in [0.15, 0.2) is 12.3 Å². The first kappa shape index (κ1) is 14.4. The lowest BCUT2D eigenvalue weighted by molar-refractivity contribution is -0.577. The molecular weight excluding hydrogens is 230 g/mol. The summed E-state index contributed by atoms with van der Waals surface area (Å²) in [7, 11) is 0. The van der Waals surface area contributed by atoms with Gasteiger partial charge in [-0.05, 0) is 0 Å². The van der Waals surface area contributed by atoms with Crippen molar-refractivity contribution < 1.29 is 19.4 Å². The number of nitrogens with zero attached hydrogens (tertiary/aromatic N) is 2. The van der Waals surface area contributed by atoms with E-state index in [0.29, 0.717) is 4.73 Å². The van der Waals surface area contributed by atoms with Gasteiger partial charge in [-0.2, -0.15) is 0 Å². The van der Waals surface area contributed by atoms with Gasteiger partial charge < -0.3 is 27.1 Å². The molecule has 0 aromatic carbocycles. The normalized spacial score (nSPS) is 8.76. The Morgan fingerprint density at radius 1 is 1.59 bits per heavy atom. The summed E-state index contributed by atoms with van der Waals surface area (Å²) in [5, 5.41) is 20.6. The van der Waals surface area contributed by atoms with Gasteiger partial charge in [-0.25, -0.2) is 4.73 Å². The van der Waals surface area contributed by atoms with Crippen molar-refractivity contribution in [1.29, 1.82) is 0 Å². The van der Waals surface area contributed by atoms with Gasteiger partial charge in [0, 0.05) is 13.0 Å². The molecule has 0 radical (unpaired) electrons. The summed E-state index contributed by atoms with van der Waals surface area (Å²) in [6, 6.07) is 1.38. The highest BCUT2D eigenvalue weighted by Crippen LogP contribution is 1.91. The summed E-state index contributed by atoms with van der Waals surface area (Å²) in [6.45, 7) is 0.971. The Hall–Kier alpha value is -2.58. The molecule has 0 fully saturated rings. The second-order valence-corrected chi connectivity index (χ2v) is 2.83. The van der Waals surface area contributed by atoms with E-state index in [1.807, 2.05) is 0 Å². The molecule has 0 saturated carbocycles. The summed E-state index contributed by atoms with van der Waals surface area (Å²) < 4.78 is 0.361. The molecule has 0 bridgehead atoms. The van der Waals surface area contributed by atoms with Crippen LogP contribution in [0.25, 0.3) is 0 Å². The predicted molar refractivity (Wildman–Crippen MR) is 58.3 cm³/mol. The molecule has 1 aromatic heterocycles. The minimum Gasteiger partial charge on any atom is -0.754 e. The van der Waals surface area contributed by atoms with Crippen molar-refractivity contribution in [2.75, 3.05) is 18.0 Å². The van der Waals surface area contributed by atoms with E-state index in [9.17, 15) is 14.8 Å². The molecule has 0 spiro atoms. The van der Waals surface area contributed by atoms with Crippen molar-refractivity contribution in [3.8, 4) is 0 Å². The minimum absolute atomic E-state index is 0.0579. The first-order chi connectivity index (χ1) is 7.84. The van der Waals surface area contributed by atoms with Crippen LogP contribution >= 0.6 is 0 Å². The maximum Gasteiger partial charge on any atom is 0.343 e. The average Bonchev–Trinajstić information content (AvgIpc) is 2.24. The number of carbonyl (C=O) groups excluding carboxylic acids is 1. The molecule has 9 nitrogen and oxygen atoms in total. The summed E-state index contributed by atoms with van der Waals surface area (Å²) >= 11 is 0. The van der Waals surface area contributed by atoms with Crippen LogP contribution in [0, 0.1) is 5.21 Å². The Bertz CT molecular complexity index is 375. The van der Waals surface area contributed by atoms with Crippen LogP contribution in [0.2, 0.25) is 0 Å². The van der Waals surface area contributed by atoms with E-state index in [-0.39, 0.29) is 24.2 Å². The highest BCUT2D eigenvalue weighted by atomic mass is 16.5. The van der Waals surface area contributed by atoms with Crippen LogP contribution < -0.4 is 21.5 Å². The number of hydrogen-bond acceptors (Lipinski definition) is 6. The molecule has 17 heavy (non-hydrogen) atoms. The Kier molecular flexibility index (Phi) is 5.79. The lowest BCUT2D eigenvalue weighted by Crippen LogP contribution is -2.34. The van der Waals surface area contributed by atoms with Crippen molar-refractivity contribution in [2.45, 2.75) is 6.92 Å². The number of nitrogen functional groups attached to an aromatic ring is 2. The number of amides is 1. The molecule has 0 unspecified atom stereocenters. The Morgan fingerprint density at radius 3 is 2.47 bits per heavy atom. The predicted octanol–water partition coefficient (Wildman–Crippen LogP) is -1.91. The molecule has 1 aromatic rings. The number of carbonyl (C=O) groups is 2. The van der Waals surface area contributed by atoms with Crippen molar-refractivity contribution in [2.24, 2.45) is 0 Å². The van der Waals surface area contributed by atoms with E-state index in [0.717, 1.165) is 0 Å². The molecule has 6 N–H and O–H groups in total. The van der Waals surface area contributed by atoms with E-state index >= 15 is 0 Å². The van der Waals surface area contributed by atoms with Gasteiger partial charge in [-0.3, -0.25) is 9.59 Å². The molecule has 1 rings (SSSR count). The molecule has 1 amide bonds. The highest BCUT2D eigenvalue weighted by Gasteiger charge is 1.97. The van der Waals surface area contributed by atoms with Gasteiger partial charge in [-0.15, -0.1) is 4.98 Å². The molecule has 0 atom stereocenters. The quantitative estimate of drug-likeness (QED) is 0.348. The van der Waals surface area contributed by atoms with Gasteiger partial charge in [0.1, 0.15) is 6.54 Å². The van der Waals surface area contributed by atoms with Crippen molar-refractivity contribution in [1.82, 2.24) is 10.3 Å². The summed E-state index contributed by atoms with van der Waals surface area (Å²) in [6.07, 6.45) is 1.37. The van der Waals surface area contributed by atoms with Crippen LogP contribution in [0.5, 0.6) is 0 Å². The molecule has 1 heterocycles. The van der Waals surface area contributed by atoms with E-state index < -0.39 is 5.97 Å². The first-order valence-corrected chi connectivity index (χ1v) is 4.40. The van der Waals surface area contributed by atoms with Crippen LogP contribution in [0.3, 0.4) is 0 Å². The topological polar surface area (TPSA) is 158 Å². The van der Waals surface area contributed by atoms with Crippen molar-refractivity contribution in [3.63, 3.8) is 0 Å². The Balaban J connectivity index is 0.000000304. The number of rotatable bonds is 2. The number of carboxylic acid groups (broad SMARTS) is 1. The molecule has 0 aliphatic carbocycles. The summed E-state index contributed by atoms with van der Waals surface area (Å²) in [4.78, 5) is 23.2. The monoisotopic (exact) mass is 243 g/mol. The Morgan fingerprint density at radius 2 is 2.18 bits per heavy atom. The third-order valence-corrected chi connectivity index (χ3v) is 1.38. The number of aliphatic carboxylic acids is 1. The number of carboxylic acids is 1. The molecule has 0 saturated heterocycles. The van der Waals surface area contributed by atoms with Gasteiger partial charge in [0.2, 0.25) is 5.91 Å². The first-order valence-electron chi connectivity index (χ1n) is 4.40. The summed E-state index contributed by atoms with van der Waals surface area (Å²) in [5.41, 5.74) is 10.2. The fraction of sp³-hybridized carbons (Fsp3) is 0.250. The fourth-order valence-corrected chi connectivity index (χ4v) is 0.642. The van der Waals surface area contributed by atoms with Crippen molar-refractivity contribution in [3.05, 3.63) is 17.5 Å². The zero-order valence-corrected chi connectivity index (χ0v) is 9.08. The lowest BCUT2D eigenvalue weighted by Gasteiger charge is -2.06. The molecule has 94 valence electrons. The van der Waals surface area contributed by atoms with Crippen LogP contribution in [-0.4, -0.2) is 28.5 Å². The Labute approximate surface area is 96.6 Å². The zero-order valence-electron chi connectivity index (χ0n) is 9.08. The van der Waals surface area contributed by atoms with Crippen LogP contribution in [0.1, 0.15) is 6.92 Å². The van der Waals surface area contributed by atoms with E-state index in [1.54, 1.807) is 0 Å². The number of nitrogens with two attached hydrogens (primary N) is 2. The maximum absolute atomic E-state index is 10.6. The maximum atomic E-state index is 10.6. The van der Waals surface area contributed by atoms with Gasteiger partial charge in [-0.1, -0.05) is 0 Å². The van der Waals surface area contributed by atoms with E-state index in [1.165, 1.54) is 19.2 Å². The van der Waals surface area contributed by atoms with Crippen LogP contribution in [0.4, 0.5) is 11.8 Å². The molecule has 0 aliphatic rings. The average molecular weight is 243 g/mol. The molecule has 0 aliphatic heterocycles. The van der Waals surface area contributed by atoms with E-state index in [2.05, 4.69) is 10.3 Å². The summed E-state index contributed by atoms with van der Waals surface area (Å²) in [5.74, 6) is -1.43. The van der Waals surface area contributed by atoms with E-state index in [4.69, 9.17) is 16.6 Å². The second kappa shape index (κ2) is 6.82.